The lowest BCUT2D eigenvalue weighted by Crippen LogP contribution is -2.30. The number of nitrogens with one attached hydrogen (secondary N) is 3. The van der Waals surface area contributed by atoms with Gasteiger partial charge in [-0.25, -0.2) is 13.1 Å². The summed E-state index contributed by atoms with van der Waals surface area (Å²) in [6, 6.07) is 20.1. The zero-order chi connectivity index (χ0) is 21.7. The molecule has 6 nitrogen and oxygen atoms in total. The van der Waals surface area contributed by atoms with E-state index in [1.54, 1.807) is 42.5 Å². The Morgan fingerprint density at radius 1 is 0.867 bits per heavy atom. The number of aryl methyl sites for hydroxylation is 2. The maximum absolute atomic E-state index is 12.5. The Balaban J connectivity index is 1.65. The molecule has 3 N–H and O–H groups in total. The van der Waals surface area contributed by atoms with E-state index in [4.69, 9.17) is 12.2 Å². The minimum absolute atomic E-state index is 0.0226. The van der Waals surface area contributed by atoms with E-state index in [9.17, 15) is 13.2 Å². The number of sulfonamides is 1. The summed E-state index contributed by atoms with van der Waals surface area (Å²) >= 11 is 5.33. The van der Waals surface area contributed by atoms with Crippen LogP contribution in [0.15, 0.2) is 77.7 Å². The first-order chi connectivity index (χ1) is 14.2. The number of anilines is 2. The van der Waals surface area contributed by atoms with E-state index in [0.29, 0.717) is 10.8 Å². The summed E-state index contributed by atoms with van der Waals surface area (Å²) in [5.74, 6) is -0.684. The lowest BCUT2D eigenvalue weighted by atomic mass is 10.1. The molecule has 3 rings (SSSR count). The van der Waals surface area contributed by atoms with Crippen molar-refractivity contribution in [3.05, 3.63) is 89.5 Å². The van der Waals surface area contributed by atoms with Crippen LogP contribution in [0.25, 0.3) is 0 Å². The van der Waals surface area contributed by atoms with Gasteiger partial charge in [-0.2, -0.15) is 0 Å². The number of thiocarbonyl (C=S) groups is 1. The van der Waals surface area contributed by atoms with Gasteiger partial charge in [0.2, 0.25) is 0 Å². The lowest BCUT2D eigenvalue weighted by molar-refractivity contribution is 0.0981. The van der Waals surface area contributed by atoms with Crippen LogP contribution in [0, 0.1) is 13.8 Å². The molecule has 0 aliphatic rings. The summed E-state index contributed by atoms with van der Waals surface area (Å²) in [7, 11) is -3.99. The van der Waals surface area contributed by atoms with Gasteiger partial charge in [0.25, 0.3) is 15.9 Å². The molecule has 0 spiro atoms. The van der Waals surface area contributed by atoms with Gasteiger partial charge in [-0.05, 0) is 74.1 Å². The van der Waals surface area contributed by atoms with E-state index in [0.717, 1.165) is 16.8 Å². The third-order valence-corrected chi connectivity index (χ3v) is 5.87. The fourth-order valence-electron chi connectivity index (χ4n) is 2.79. The summed E-state index contributed by atoms with van der Waals surface area (Å²) in [4.78, 5) is 12.1. The molecule has 0 unspecified atom stereocenters. The normalized spacial score (nSPS) is 10.9. The molecule has 3 aromatic rings. The van der Waals surface area contributed by atoms with Crippen LogP contribution in [0.5, 0.6) is 0 Å². The predicted octanol–water partition coefficient (Wildman–Crippen LogP) is 4.23. The monoisotopic (exact) mass is 439 g/mol. The third kappa shape index (κ3) is 5.43. The Bertz CT molecular complexity index is 1180. The second kappa shape index (κ2) is 9.06. The van der Waals surface area contributed by atoms with Gasteiger partial charge >= 0.3 is 0 Å². The maximum Gasteiger partial charge on any atom is 0.264 e. The van der Waals surface area contributed by atoms with Gasteiger partial charge in [0.05, 0.1) is 4.90 Å². The minimum Gasteiger partial charge on any atom is -0.332 e. The Hall–Kier alpha value is -3.23. The summed E-state index contributed by atoms with van der Waals surface area (Å²) < 4.78 is 27.0. The summed E-state index contributed by atoms with van der Waals surface area (Å²) in [5, 5.41) is 6.52. The SMILES string of the molecule is Cc1ccc(NC(=S)Nc2ccc(S(=O)(=O)NC(=O)c3ccccc3)cc2)c(C)c1. The molecule has 3 aromatic carbocycles. The highest BCUT2D eigenvalue weighted by atomic mass is 32.2. The molecule has 0 aromatic heterocycles. The molecule has 154 valence electrons. The van der Waals surface area contributed by atoms with Gasteiger partial charge in [0.1, 0.15) is 0 Å². The molecular weight excluding hydrogens is 418 g/mol. The first-order valence-corrected chi connectivity index (χ1v) is 11.0. The highest BCUT2D eigenvalue weighted by Crippen LogP contribution is 2.18. The van der Waals surface area contributed by atoms with Crippen molar-refractivity contribution < 1.29 is 13.2 Å². The van der Waals surface area contributed by atoms with Crippen LogP contribution >= 0.6 is 12.2 Å². The number of hydrogen-bond acceptors (Lipinski definition) is 4. The molecule has 0 radical (unpaired) electrons. The molecule has 8 heteroatoms. The Kier molecular flexibility index (Phi) is 6.49. The lowest BCUT2D eigenvalue weighted by Gasteiger charge is -2.13. The van der Waals surface area contributed by atoms with Crippen molar-refractivity contribution in [1.82, 2.24) is 4.72 Å². The largest absolute Gasteiger partial charge is 0.332 e. The molecule has 30 heavy (non-hydrogen) atoms. The van der Waals surface area contributed by atoms with E-state index < -0.39 is 15.9 Å². The van der Waals surface area contributed by atoms with Crippen molar-refractivity contribution in [3.8, 4) is 0 Å². The van der Waals surface area contributed by atoms with E-state index >= 15 is 0 Å². The van der Waals surface area contributed by atoms with Crippen LogP contribution in [0.2, 0.25) is 0 Å². The highest BCUT2D eigenvalue weighted by molar-refractivity contribution is 7.90. The maximum atomic E-state index is 12.5. The second-order valence-corrected chi connectivity index (χ2v) is 8.81. The Morgan fingerprint density at radius 3 is 2.17 bits per heavy atom. The molecule has 0 saturated carbocycles. The van der Waals surface area contributed by atoms with Crippen molar-refractivity contribution in [1.29, 1.82) is 0 Å². The number of hydrogen-bond donors (Lipinski definition) is 3. The molecule has 0 bridgehead atoms. The van der Waals surface area contributed by atoms with Crippen LogP contribution in [0.3, 0.4) is 0 Å². The predicted molar refractivity (Wildman–Crippen MR) is 123 cm³/mol. The average molecular weight is 440 g/mol. The van der Waals surface area contributed by atoms with Crippen molar-refractivity contribution in [2.24, 2.45) is 0 Å². The molecule has 0 aliphatic heterocycles. The first kappa shape index (κ1) is 21.5. The summed E-state index contributed by atoms with van der Waals surface area (Å²) in [5.41, 5.74) is 4.00. The Morgan fingerprint density at radius 2 is 1.53 bits per heavy atom. The van der Waals surface area contributed by atoms with Gasteiger partial charge < -0.3 is 10.6 Å². The van der Waals surface area contributed by atoms with E-state index in [1.807, 2.05) is 32.0 Å². The van der Waals surface area contributed by atoms with E-state index in [-0.39, 0.29) is 10.5 Å². The zero-order valence-corrected chi connectivity index (χ0v) is 18.1. The van der Waals surface area contributed by atoms with Crippen LogP contribution in [0.1, 0.15) is 21.5 Å². The topological polar surface area (TPSA) is 87.3 Å². The quantitative estimate of drug-likeness (QED) is 0.516. The van der Waals surface area contributed by atoms with Crippen molar-refractivity contribution in [3.63, 3.8) is 0 Å². The Labute approximate surface area is 181 Å². The first-order valence-electron chi connectivity index (χ1n) is 9.12. The smallest absolute Gasteiger partial charge is 0.264 e. The van der Waals surface area contributed by atoms with Crippen LogP contribution in [0.4, 0.5) is 11.4 Å². The van der Waals surface area contributed by atoms with Gasteiger partial charge in [-0.3, -0.25) is 4.79 Å². The van der Waals surface area contributed by atoms with Gasteiger partial charge in [0.15, 0.2) is 5.11 Å². The van der Waals surface area contributed by atoms with Crippen molar-refractivity contribution >= 4 is 44.6 Å². The molecule has 1 amide bonds. The summed E-state index contributed by atoms with van der Waals surface area (Å²) in [6.45, 7) is 4.01. The van der Waals surface area contributed by atoms with Crippen LogP contribution in [-0.4, -0.2) is 19.4 Å². The van der Waals surface area contributed by atoms with Crippen LogP contribution in [-0.2, 0) is 10.0 Å². The molecule has 0 heterocycles. The molecule has 0 fully saturated rings. The molecule has 0 atom stereocenters. The molecule has 0 saturated heterocycles. The van der Waals surface area contributed by atoms with Crippen molar-refractivity contribution in [2.75, 3.05) is 10.6 Å². The number of carbonyl (C=O) groups excluding carboxylic acids is 1. The fraction of sp³-hybridized carbons (Fsp3) is 0.0909. The fourth-order valence-corrected chi connectivity index (χ4v) is 3.99. The van der Waals surface area contributed by atoms with Gasteiger partial charge in [0, 0.05) is 16.9 Å². The number of carbonyl (C=O) groups is 1. The average Bonchev–Trinajstić information content (AvgIpc) is 2.71. The van der Waals surface area contributed by atoms with E-state index in [1.165, 1.54) is 12.1 Å². The number of amides is 1. The second-order valence-electron chi connectivity index (χ2n) is 6.72. The van der Waals surface area contributed by atoms with Crippen molar-refractivity contribution in [2.45, 2.75) is 18.7 Å². The number of benzene rings is 3. The standard InChI is InChI=1S/C22H21N3O3S2/c1-15-8-13-20(16(2)14-15)24-22(29)23-18-9-11-19(12-10-18)30(27,28)25-21(26)17-6-4-3-5-7-17/h3-14H,1-2H3,(H,25,26)(H2,23,24,29). The minimum atomic E-state index is -3.99. The van der Waals surface area contributed by atoms with Gasteiger partial charge in [-0.1, -0.05) is 35.9 Å². The highest BCUT2D eigenvalue weighted by Gasteiger charge is 2.18. The molecular formula is C22H21N3O3S2. The summed E-state index contributed by atoms with van der Waals surface area (Å²) in [6.07, 6.45) is 0. The van der Waals surface area contributed by atoms with Gasteiger partial charge in [-0.15, -0.1) is 0 Å². The number of rotatable bonds is 5. The van der Waals surface area contributed by atoms with E-state index in [2.05, 4.69) is 15.4 Å². The molecule has 0 aliphatic carbocycles. The van der Waals surface area contributed by atoms with Crippen LogP contribution < -0.4 is 15.4 Å². The zero-order valence-electron chi connectivity index (χ0n) is 16.5. The third-order valence-electron chi connectivity index (χ3n) is 4.32.